The zero-order valence-corrected chi connectivity index (χ0v) is 19.0. The molecule has 1 aliphatic heterocycles. The molecule has 6 nitrogen and oxygen atoms in total. The molecule has 0 aliphatic carbocycles. The van der Waals surface area contributed by atoms with Crippen LogP contribution in [0.1, 0.15) is 18.1 Å². The molecule has 0 saturated carbocycles. The molecule has 2 aromatic carbocycles. The quantitative estimate of drug-likeness (QED) is 0.302. The number of nitrogens with zero attached hydrogens (tertiary/aromatic N) is 1. The number of hydrogen-bond acceptors (Lipinski definition) is 6. The first kappa shape index (κ1) is 22.3. The van der Waals surface area contributed by atoms with Crippen LogP contribution in [0.15, 0.2) is 47.4 Å². The zero-order chi connectivity index (χ0) is 21.8. The molecule has 0 unspecified atom stereocenters. The maximum absolute atomic E-state index is 13.3. The number of benzene rings is 2. The van der Waals surface area contributed by atoms with Crippen molar-refractivity contribution in [3.8, 4) is 5.75 Å². The fourth-order valence-corrected chi connectivity index (χ4v) is 4.36. The van der Waals surface area contributed by atoms with Crippen LogP contribution in [0, 0.1) is 9.39 Å². The zero-order valence-electron chi connectivity index (χ0n) is 16.1. The molecular weight excluding hydrogens is 524 g/mol. The molecule has 0 radical (unpaired) electrons. The average molecular weight is 541 g/mol. The second-order valence-corrected chi connectivity index (χ2v) is 8.51. The predicted octanol–water partition coefficient (Wildman–Crippen LogP) is 4.61. The summed E-state index contributed by atoms with van der Waals surface area (Å²) in [5.74, 6) is -0.904. The van der Waals surface area contributed by atoms with Gasteiger partial charge < -0.3 is 9.47 Å². The highest BCUT2D eigenvalue weighted by Gasteiger charge is 2.41. The summed E-state index contributed by atoms with van der Waals surface area (Å²) in [6, 6.07) is 10.5. The lowest BCUT2D eigenvalue weighted by Gasteiger charge is -2.18. The lowest BCUT2D eigenvalue weighted by Crippen LogP contribution is -2.42. The predicted molar refractivity (Wildman–Crippen MR) is 119 cm³/mol. The Labute approximate surface area is 190 Å². The third-order valence-electron chi connectivity index (χ3n) is 4.29. The monoisotopic (exact) mass is 541 g/mol. The van der Waals surface area contributed by atoms with E-state index in [9.17, 15) is 18.8 Å². The third-order valence-corrected chi connectivity index (χ3v) is 6.02. The largest absolute Gasteiger partial charge is 0.488 e. The minimum Gasteiger partial charge on any atom is -0.488 e. The van der Waals surface area contributed by atoms with Gasteiger partial charge in [-0.15, -0.1) is 0 Å². The van der Waals surface area contributed by atoms with Gasteiger partial charge >= 0.3 is 5.97 Å². The lowest BCUT2D eigenvalue weighted by molar-refractivity contribution is -0.148. The Hall–Kier alpha value is -2.40. The summed E-state index contributed by atoms with van der Waals surface area (Å²) in [5.41, 5.74) is 1.41. The Bertz CT molecular complexity index is 1040. The fourth-order valence-electron chi connectivity index (χ4n) is 2.75. The van der Waals surface area contributed by atoms with Crippen molar-refractivity contribution >= 4 is 57.5 Å². The number of amides is 2. The molecule has 0 spiro atoms. The molecule has 0 aromatic heterocycles. The van der Waals surface area contributed by atoms with Gasteiger partial charge in [0.15, 0.2) is 0 Å². The first-order valence-corrected chi connectivity index (χ1v) is 10.7. The van der Waals surface area contributed by atoms with Gasteiger partial charge in [-0.1, -0.05) is 18.2 Å². The van der Waals surface area contributed by atoms with E-state index in [4.69, 9.17) is 4.74 Å². The Morgan fingerprint density at radius 1 is 1.27 bits per heavy atom. The van der Waals surface area contributed by atoms with Crippen LogP contribution in [0.5, 0.6) is 5.75 Å². The highest BCUT2D eigenvalue weighted by atomic mass is 127. The first-order valence-electron chi connectivity index (χ1n) is 8.82. The van der Waals surface area contributed by atoms with E-state index in [1.165, 1.54) is 26.2 Å². The van der Waals surface area contributed by atoms with Crippen LogP contribution < -0.4 is 4.74 Å². The van der Waals surface area contributed by atoms with Crippen LogP contribution in [0.2, 0.25) is 0 Å². The van der Waals surface area contributed by atoms with E-state index in [1.54, 1.807) is 36.4 Å². The molecule has 2 aromatic rings. The number of rotatable bonds is 6. The topological polar surface area (TPSA) is 72.9 Å². The minimum absolute atomic E-state index is 0.220. The van der Waals surface area contributed by atoms with Gasteiger partial charge in [0.05, 0.1) is 15.6 Å². The highest BCUT2D eigenvalue weighted by molar-refractivity contribution is 14.1. The summed E-state index contributed by atoms with van der Waals surface area (Å²) in [4.78, 5) is 37.6. The van der Waals surface area contributed by atoms with Crippen molar-refractivity contribution in [2.45, 2.75) is 19.6 Å². The van der Waals surface area contributed by atoms with Crippen molar-refractivity contribution in [1.82, 2.24) is 4.90 Å². The Morgan fingerprint density at radius 3 is 2.70 bits per heavy atom. The van der Waals surface area contributed by atoms with Crippen molar-refractivity contribution in [2.24, 2.45) is 0 Å². The number of carbonyl (C=O) groups excluding carboxylic acids is 3. The molecule has 30 heavy (non-hydrogen) atoms. The van der Waals surface area contributed by atoms with Crippen LogP contribution in [-0.4, -0.2) is 35.2 Å². The van der Waals surface area contributed by atoms with Crippen LogP contribution in [0.25, 0.3) is 6.08 Å². The van der Waals surface area contributed by atoms with E-state index < -0.39 is 23.2 Å². The number of carbonyl (C=O) groups is 3. The van der Waals surface area contributed by atoms with Crippen LogP contribution >= 0.6 is 34.4 Å². The number of ether oxygens (including phenoxy) is 2. The second kappa shape index (κ2) is 9.61. The van der Waals surface area contributed by atoms with Gasteiger partial charge in [0.2, 0.25) is 0 Å². The summed E-state index contributed by atoms with van der Waals surface area (Å²) >= 11 is 2.87. The van der Waals surface area contributed by atoms with Crippen molar-refractivity contribution in [2.75, 3.05) is 7.11 Å². The standard InChI is InChI=1S/C21H17FINO5S/c1-12(20(26)28-2)24-19(25)18(30-21(24)27)10-13-6-7-17(16(23)9-13)29-11-14-4-3-5-15(22)8-14/h3-10,12H,11H2,1-2H3/b18-10+/t12-/m0/s1. The van der Waals surface area contributed by atoms with Gasteiger partial charge in [-0.25, -0.2) is 9.18 Å². The lowest BCUT2D eigenvalue weighted by atomic mass is 10.2. The molecule has 1 atom stereocenters. The van der Waals surface area contributed by atoms with Gasteiger partial charge in [0.25, 0.3) is 11.1 Å². The molecule has 1 aliphatic rings. The molecule has 0 bridgehead atoms. The Morgan fingerprint density at radius 2 is 2.03 bits per heavy atom. The van der Waals surface area contributed by atoms with E-state index in [2.05, 4.69) is 27.3 Å². The maximum atomic E-state index is 13.3. The van der Waals surface area contributed by atoms with Crippen molar-refractivity contribution in [1.29, 1.82) is 0 Å². The molecule has 0 N–H and O–H groups in total. The number of esters is 1. The van der Waals surface area contributed by atoms with Crippen LogP contribution in [0.4, 0.5) is 9.18 Å². The second-order valence-electron chi connectivity index (χ2n) is 6.36. The molecule has 3 rings (SSSR count). The average Bonchev–Trinajstić information content (AvgIpc) is 2.99. The Kier molecular flexibility index (Phi) is 7.14. The third kappa shape index (κ3) is 5.01. The van der Waals surface area contributed by atoms with Crippen LogP contribution in [-0.2, 0) is 20.9 Å². The summed E-state index contributed by atoms with van der Waals surface area (Å²) in [5, 5.41) is -0.520. The summed E-state index contributed by atoms with van der Waals surface area (Å²) < 4.78 is 24.4. The van der Waals surface area contributed by atoms with Crippen molar-refractivity contribution in [3.63, 3.8) is 0 Å². The molecule has 156 valence electrons. The smallest absolute Gasteiger partial charge is 0.328 e. The van der Waals surface area contributed by atoms with Crippen molar-refractivity contribution in [3.05, 3.63) is 67.9 Å². The number of imide groups is 1. The van der Waals surface area contributed by atoms with E-state index >= 15 is 0 Å². The van der Waals surface area contributed by atoms with E-state index in [-0.39, 0.29) is 17.3 Å². The number of halogens is 2. The van der Waals surface area contributed by atoms with Gasteiger partial charge in [0, 0.05) is 0 Å². The summed E-state index contributed by atoms with van der Waals surface area (Å²) in [7, 11) is 1.20. The Balaban J connectivity index is 1.73. The SMILES string of the molecule is COC(=O)[C@H](C)N1C(=O)S/C(=C/c2ccc(OCc3cccc(F)c3)c(I)c2)C1=O. The number of thioether (sulfide) groups is 1. The summed E-state index contributed by atoms with van der Waals surface area (Å²) in [6.07, 6.45) is 1.59. The molecule has 1 saturated heterocycles. The normalized spacial score (nSPS) is 16.1. The minimum atomic E-state index is -0.993. The van der Waals surface area contributed by atoms with Gasteiger partial charge in [-0.2, -0.15) is 0 Å². The number of methoxy groups -OCH3 is 1. The van der Waals surface area contributed by atoms with E-state index in [1.807, 2.05) is 0 Å². The molecule has 1 heterocycles. The van der Waals surface area contributed by atoms with E-state index in [0.717, 1.165) is 20.2 Å². The highest BCUT2D eigenvalue weighted by Crippen LogP contribution is 2.34. The number of hydrogen-bond donors (Lipinski definition) is 0. The van der Waals surface area contributed by atoms with Crippen LogP contribution in [0.3, 0.4) is 0 Å². The maximum Gasteiger partial charge on any atom is 0.328 e. The fraction of sp³-hybridized carbons (Fsp3) is 0.190. The molecule has 2 amide bonds. The van der Waals surface area contributed by atoms with Gasteiger partial charge in [-0.3, -0.25) is 14.5 Å². The van der Waals surface area contributed by atoms with Gasteiger partial charge in [-0.05, 0) is 82.7 Å². The molecule has 9 heteroatoms. The molecule has 1 fully saturated rings. The van der Waals surface area contributed by atoms with E-state index in [0.29, 0.717) is 16.9 Å². The van der Waals surface area contributed by atoms with Gasteiger partial charge in [0.1, 0.15) is 24.2 Å². The summed E-state index contributed by atoms with van der Waals surface area (Å²) in [6.45, 7) is 1.66. The van der Waals surface area contributed by atoms with Crippen molar-refractivity contribution < 1.29 is 28.2 Å². The first-order chi connectivity index (χ1) is 14.3. The molecular formula is C21H17FINO5S.